The predicted octanol–water partition coefficient (Wildman–Crippen LogP) is 3.99. The van der Waals surface area contributed by atoms with Gasteiger partial charge < -0.3 is 15.1 Å². The van der Waals surface area contributed by atoms with Gasteiger partial charge in [0.1, 0.15) is 5.84 Å². The lowest BCUT2D eigenvalue weighted by atomic mass is 9.95. The summed E-state index contributed by atoms with van der Waals surface area (Å²) in [5.41, 5.74) is 2.05. The van der Waals surface area contributed by atoms with Crippen molar-refractivity contribution in [1.82, 2.24) is 10.2 Å². The Kier molecular flexibility index (Phi) is 6.05. The Morgan fingerprint density at radius 2 is 2.07 bits per heavy atom. The quantitative estimate of drug-likeness (QED) is 0.550. The molecule has 2 heterocycles. The van der Waals surface area contributed by atoms with Gasteiger partial charge in [-0.3, -0.25) is 10.2 Å². The topological polar surface area (TPSA) is 77.8 Å². The summed E-state index contributed by atoms with van der Waals surface area (Å²) in [6.45, 7) is 5.06. The number of nitrogens with zero attached hydrogens (tertiary/aromatic N) is 2. The summed E-state index contributed by atoms with van der Waals surface area (Å²) in [5.74, 6) is 0.318. The first-order valence-corrected chi connectivity index (χ1v) is 10.2. The number of oxime groups is 1. The average Bonchev–Trinajstić information content (AvgIpc) is 3.31. The zero-order valence-corrected chi connectivity index (χ0v) is 17.7. The molecule has 0 fully saturated rings. The van der Waals surface area contributed by atoms with Crippen LogP contribution in [0.15, 0.2) is 41.6 Å². The molecule has 3 rings (SSSR count). The van der Waals surface area contributed by atoms with Gasteiger partial charge in [0, 0.05) is 25.6 Å². The fraction of sp³-hybridized carbons (Fsp3) is 0.350. The molecule has 0 aliphatic carbocycles. The number of hydrogen-bond donors (Lipinski definition) is 2. The molecule has 1 aliphatic heterocycles. The normalized spacial score (nSPS) is 18.4. The maximum absolute atomic E-state index is 12.2. The second-order valence-electron chi connectivity index (χ2n) is 6.98. The minimum Gasteiger partial charge on any atom is -0.387 e. The van der Waals surface area contributed by atoms with Gasteiger partial charge in [0.15, 0.2) is 5.60 Å². The van der Waals surface area contributed by atoms with E-state index < -0.39 is 5.60 Å². The number of carbonyl (C=O) groups excluding carboxylic acids is 1. The molecule has 2 N–H and O–H groups in total. The van der Waals surface area contributed by atoms with Crippen LogP contribution in [0.2, 0.25) is 4.34 Å². The Morgan fingerprint density at radius 1 is 1.36 bits per heavy atom. The van der Waals surface area contributed by atoms with Crippen molar-refractivity contribution >= 4 is 40.4 Å². The summed E-state index contributed by atoms with van der Waals surface area (Å²) in [7, 11) is 1.90. The molecular formula is C20H23ClN4O2S. The smallest absolute Gasteiger partial charge is 0.261 e. The van der Waals surface area contributed by atoms with Crippen LogP contribution >= 0.6 is 22.9 Å². The maximum Gasteiger partial charge on any atom is 0.261 e. The lowest BCUT2D eigenvalue weighted by molar-refractivity contribution is -0.00178. The maximum atomic E-state index is 12.2. The van der Waals surface area contributed by atoms with Crippen LogP contribution in [0, 0.1) is 5.41 Å². The van der Waals surface area contributed by atoms with E-state index in [1.54, 1.807) is 12.1 Å². The third-order valence-electron chi connectivity index (χ3n) is 4.69. The van der Waals surface area contributed by atoms with Crippen molar-refractivity contribution in [2.24, 2.45) is 5.16 Å². The van der Waals surface area contributed by atoms with E-state index in [0.717, 1.165) is 23.4 Å². The molecule has 0 spiro atoms. The number of rotatable bonds is 6. The van der Waals surface area contributed by atoms with Crippen molar-refractivity contribution in [3.8, 4) is 0 Å². The molecule has 0 saturated carbocycles. The van der Waals surface area contributed by atoms with E-state index in [0.29, 0.717) is 28.0 Å². The summed E-state index contributed by atoms with van der Waals surface area (Å²) in [6.07, 6.45) is 0.587. The van der Waals surface area contributed by atoms with E-state index in [4.69, 9.17) is 21.8 Å². The van der Waals surface area contributed by atoms with Gasteiger partial charge in [-0.25, -0.2) is 0 Å². The molecule has 1 amide bonds. The Bertz CT molecular complexity index is 909. The molecule has 0 radical (unpaired) electrons. The zero-order chi connectivity index (χ0) is 20.3. The van der Waals surface area contributed by atoms with Crippen LogP contribution in [0.3, 0.4) is 0 Å². The highest BCUT2D eigenvalue weighted by atomic mass is 35.5. The standard InChI is InChI=1S/C20H23ClN4O2S/c1-4-25(3)18(22)14-7-5-13(6-8-14)15-11-20(2,27-24-15)12-23-19(26)16-9-10-17(21)28-16/h5-10,22H,4,11-12H2,1-3H3,(H,23,26). The van der Waals surface area contributed by atoms with Crippen LogP contribution in [-0.2, 0) is 4.84 Å². The van der Waals surface area contributed by atoms with Crippen LogP contribution in [0.5, 0.6) is 0 Å². The Morgan fingerprint density at radius 3 is 2.68 bits per heavy atom. The van der Waals surface area contributed by atoms with Gasteiger partial charge in [-0.15, -0.1) is 11.3 Å². The monoisotopic (exact) mass is 418 g/mol. The van der Waals surface area contributed by atoms with E-state index in [2.05, 4.69) is 10.5 Å². The molecule has 148 valence electrons. The third kappa shape index (κ3) is 4.54. The predicted molar refractivity (Wildman–Crippen MR) is 114 cm³/mol. The van der Waals surface area contributed by atoms with Crippen molar-refractivity contribution in [2.45, 2.75) is 25.9 Å². The van der Waals surface area contributed by atoms with Crippen molar-refractivity contribution in [2.75, 3.05) is 20.1 Å². The molecule has 2 aromatic rings. The molecule has 1 atom stereocenters. The molecule has 6 nitrogen and oxygen atoms in total. The third-order valence-corrected chi connectivity index (χ3v) is 5.92. The van der Waals surface area contributed by atoms with Crippen LogP contribution in [0.1, 0.15) is 41.1 Å². The second-order valence-corrected chi connectivity index (χ2v) is 8.70. The first-order chi connectivity index (χ1) is 13.3. The minimum atomic E-state index is -0.597. The second kappa shape index (κ2) is 8.32. The van der Waals surface area contributed by atoms with Crippen LogP contribution in [-0.4, -0.2) is 48.1 Å². The number of amides is 1. The average molecular weight is 419 g/mol. The van der Waals surface area contributed by atoms with E-state index in [1.807, 2.05) is 50.1 Å². The Balaban J connectivity index is 1.59. The lowest BCUT2D eigenvalue weighted by Gasteiger charge is -2.21. The fourth-order valence-corrected chi connectivity index (χ4v) is 3.78. The van der Waals surface area contributed by atoms with Crippen LogP contribution < -0.4 is 5.32 Å². The van der Waals surface area contributed by atoms with E-state index in [1.165, 1.54) is 11.3 Å². The van der Waals surface area contributed by atoms with Gasteiger partial charge >= 0.3 is 0 Å². The van der Waals surface area contributed by atoms with Gasteiger partial charge in [-0.2, -0.15) is 0 Å². The van der Waals surface area contributed by atoms with Gasteiger partial charge in [-0.1, -0.05) is 41.0 Å². The summed E-state index contributed by atoms with van der Waals surface area (Å²) in [4.78, 5) is 20.3. The molecule has 28 heavy (non-hydrogen) atoms. The summed E-state index contributed by atoms with van der Waals surface area (Å²) in [6, 6.07) is 11.2. The molecule has 1 aromatic carbocycles. The highest BCUT2D eigenvalue weighted by molar-refractivity contribution is 7.18. The number of amidine groups is 1. The number of halogens is 1. The highest BCUT2D eigenvalue weighted by Gasteiger charge is 2.35. The Labute approximate surface area is 173 Å². The molecule has 1 unspecified atom stereocenters. The highest BCUT2D eigenvalue weighted by Crippen LogP contribution is 2.27. The number of nitrogens with one attached hydrogen (secondary N) is 2. The van der Waals surface area contributed by atoms with Gasteiger partial charge in [0.25, 0.3) is 5.91 Å². The molecule has 1 aromatic heterocycles. The number of benzene rings is 1. The molecular weight excluding hydrogens is 396 g/mol. The molecule has 0 saturated heterocycles. The van der Waals surface area contributed by atoms with Gasteiger partial charge in [-0.05, 0) is 31.5 Å². The summed E-state index contributed by atoms with van der Waals surface area (Å²) >= 11 is 7.13. The lowest BCUT2D eigenvalue weighted by Crippen LogP contribution is -2.40. The van der Waals surface area contributed by atoms with Crippen molar-refractivity contribution in [3.63, 3.8) is 0 Å². The number of hydrogen-bond acceptors (Lipinski definition) is 5. The Hall–Kier alpha value is -2.38. The first kappa shape index (κ1) is 20.4. The van der Waals surface area contributed by atoms with Crippen LogP contribution in [0.25, 0.3) is 0 Å². The van der Waals surface area contributed by atoms with Crippen molar-refractivity contribution in [3.05, 3.63) is 56.7 Å². The van der Waals surface area contributed by atoms with Crippen LogP contribution in [0.4, 0.5) is 0 Å². The number of thiophene rings is 1. The van der Waals surface area contributed by atoms with E-state index in [-0.39, 0.29) is 5.91 Å². The summed E-state index contributed by atoms with van der Waals surface area (Å²) < 4.78 is 0.584. The van der Waals surface area contributed by atoms with E-state index in [9.17, 15) is 4.79 Å². The zero-order valence-electron chi connectivity index (χ0n) is 16.1. The number of carbonyl (C=O) groups is 1. The summed E-state index contributed by atoms with van der Waals surface area (Å²) in [5, 5.41) is 15.3. The van der Waals surface area contributed by atoms with Crippen molar-refractivity contribution in [1.29, 1.82) is 5.41 Å². The van der Waals surface area contributed by atoms with E-state index >= 15 is 0 Å². The molecule has 8 heteroatoms. The molecule has 0 bridgehead atoms. The fourth-order valence-electron chi connectivity index (χ4n) is 2.82. The first-order valence-electron chi connectivity index (χ1n) is 9.00. The van der Waals surface area contributed by atoms with Crippen molar-refractivity contribution < 1.29 is 9.63 Å². The molecule has 1 aliphatic rings. The van der Waals surface area contributed by atoms with Gasteiger partial charge in [0.05, 0.1) is 21.5 Å². The van der Waals surface area contributed by atoms with Gasteiger partial charge in [0.2, 0.25) is 0 Å². The SMILES string of the molecule is CCN(C)C(=N)c1ccc(C2=NOC(C)(CNC(=O)c3ccc(Cl)s3)C2)cc1. The largest absolute Gasteiger partial charge is 0.387 e. The minimum absolute atomic E-state index is 0.168.